The molecule has 5 nitrogen and oxygen atoms in total. The summed E-state index contributed by atoms with van der Waals surface area (Å²) in [4.78, 5) is 7.07. The van der Waals surface area contributed by atoms with Gasteiger partial charge >= 0.3 is 12.4 Å². The first-order chi connectivity index (χ1) is 15.0. The highest BCUT2D eigenvalue weighted by Gasteiger charge is 2.36. The molecule has 2 heterocycles. The lowest BCUT2D eigenvalue weighted by atomic mass is 10.1. The van der Waals surface area contributed by atoms with Gasteiger partial charge < -0.3 is 9.09 Å². The number of hydrogen-bond acceptors (Lipinski definition) is 3. The van der Waals surface area contributed by atoms with Gasteiger partial charge in [0.2, 0.25) is 0 Å². The van der Waals surface area contributed by atoms with Crippen molar-refractivity contribution >= 4 is 16.6 Å². The van der Waals surface area contributed by atoms with Crippen LogP contribution in [0.3, 0.4) is 0 Å². The van der Waals surface area contributed by atoms with Crippen molar-refractivity contribution in [1.29, 1.82) is 0 Å². The van der Waals surface area contributed by atoms with Gasteiger partial charge in [0.15, 0.2) is 11.5 Å². The van der Waals surface area contributed by atoms with E-state index in [2.05, 4.69) is 15.0 Å². The number of alkyl halides is 6. The van der Waals surface area contributed by atoms with Gasteiger partial charge in [-0.2, -0.15) is 31.3 Å². The molecular formula is C21H12F6N4O. The quantitative estimate of drug-likeness (QED) is 0.260. The van der Waals surface area contributed by atoms with Crippen LogP contribution in [0.2, 0.25) is 0 Å². The zero-order valence-corrected chi connectivity index (χ0v) is 16.2. The average molecular weight is 450 g/mol. The standard InChI is InChI=1S/C21H12F6N4O/c1-11-8-14-16(7-6-15(28-2)18(14)21(25,26)27)31(11)10-17-29-19(32-30-17)12-4-3-5-13(9-12)20(22,23)24/h3-9H,10H2,1H3. The van der Waals surface area contributed by atoms with E-state index < -0.39 is 29.2 Å². The minimum absolute atomic E-state index is 0.0636. The van der Waals surface area contributed by atoms with Gasteiger partial charge in [-0.3, -0.25) is 0 Å². The maximum Gasteiger partial charge on any atom is 0.416 e. The largest absolute Gasteiger partial charge is 0.416 e. The Bertz CT molecular complexity index is 1360. The molecule has 32 heavy (non-hydrogen) atoms. The Balaban J connectivity index is 1.73. The Morgan fingerprint density at radius 2 is 1.78 bits per heavy atom. The Morgan fingerprint density at radius 3 is 2.44 bits per heavy atom. The SMILES string of the molecule is [C-]#[N+]c1ccc2c(cc(C)n2Cc2noc(-c3cccc(C(F)(F)F)c3)n2)c1C(F)(F)F. The summed E-state index contributed by atoms with van der Waals surface area (Å²) < 4.78 is 86.1. The Kier molecular flexibility index (Phi) is 4.96. The van der Waals surface area contributed by atoms with Gasteiger partial charge in [-0.05, 0) is 37.3 Å². The van der Waals surface area contributed by atoms with Crippen molar-refractivity contribution in [1.82, 2.24) is 14.7 Å². The fourth-order valence-electron chi connectivity index (χ4n) is 3.46. The molecule has 0 aliphatic heterocycles. The van der Waals surface area contributed by atoms with Gasteiger partial charge in [-0.15, -0.1) is 0 Å². The maximum absolute atomic E-state index is 13.6. The highest BCUT2D eigenvalue weighted by Crippen LogP contribution is 2.42. The van der Waals surface area contributed by atoms with E-state index in [1.807, 2.05) is 0 Å². The van der Waals surface area contributed by atoms with Crippen LogP contribution in [-0.2, 0) is 18.9 Å². The second-order valence-corrected chi connectivity index (χ2v) is 6.97. The van der Waals surface area contributed by atoms with Crippen molar-refractivity contribution in [3.8, 4) is 11.5 Å². The monoisotopic (exact) mass is 450 g/mol. The van der Waals surface area contributed by atoms with E-state index in [1.165, 1.54) is 28.8 Å². The topological polar surface area (TPSA) is 48.2 Å². The summed E-state index contributed by atoms with van der Waals surface area (Å²) in [6.07, 6.45) is -9.26. The Labute approximate surface area is 176 Å². The van der Waals surface area contributed by atoms with Crippen molar-refractivity contribution in [3.05, 3.63) is 76.5 Å². The van der Waals surface area contributed by atoms with Crippen LogP contribution in [0.5, 0.6) is 0 Å². The lowest BCUT2D eigenvalue weighted by molar-refractivity contribution is -0.137. The smallest absolute Gasteiger partial charge is 0.337 e. The molecule has 0 fully saturated rings. The third-order valence-electron chi connectivity index (χ3n) is 4.88. The molecule has 0 radical (unpaired) electrons. The van der Waals surface area contributed by atoms with E-state index in [1.54, 1.807) is 6.92 Å². The van der Waals surface area contributed by atoms with E-state index in [-0.39, 0.29) is 34.7 Å². The third kappa shape index (κ3) is 3.79. The fourth-order valence-corrected chi connectivity index (χ4v) is 3.46. The Hall–Kier alpha value is -3.81. The molecule has 0 atom stereocenters. The summed E-state index contributed by atoms with van der Waals surface area (Å²) in [6.45, 7) is 8.55. The number of aromatic nitrogens is 3. The van der Waals surface area contributed by atoms with Crippen LogP contribution >= 0.6 is 0 Å². The molecule has 0 aliphatic carbocycles. The first-order valence-corrected chi connectivity index (χ1v) is 9.07. The van der Waals surface area contributed by atoms with Crippen LogP contribution in [-0.4, -0.2) is 14.7 Å². The van der Waals surface area contributed by atoms with Crippen LogP contribution < -0.4 is 0 Å². The van der Waals surface area contributed by atoms with Crippen LogP contribution in [0.25, 0.3) is 27.2 Å². The van der Waals surface area contributed by atoms with Crippen molar-refractivity contribution in [3.63, 3.8) is 0 Å². The van der Waals surface area contributed by atoms with Crippen molar-refractivity contribution in [2.75, 3.05) is 0 Å². The van der Waals surface area contributed by atoms with Gasteiger partial charge in [0, 0.05) is 22.2 Å². The van der Waals surface area contributed by atoms with Gasteiger partial charge in [0.1, 0.15) is 0 Å². The van der Waals surface area contributed by atoms with Crippen molar-refractivity contribution in [2.45, 2.75) is 25.8 Å². The van der Waals surface area contributed by atoms with Crippen LogP contribution in [0.1, 0.15) is 22.6 Å². The van der Waals surface area contributed by atoms with Crippen LogP contribution in [0.4, 0.5) is 32.0 Å². The lowest BCUT2D eigenvalue weighted by Gasteiger charge is -2.11. The number of aryl methyl sites for hydroxylation is 1. The molecule has 0 unspecified atom stereocenters. The second-order valence-electron chi connectivity index (χ2n) is 6.97. The van der Waals surface area contributed by atoms with Gasteiger partial charge in [-0.25, -0.2) is 4.85 Å². The number of fused-ring (bicyclic) bond motifs is 1. The second kappa shape index (κ2) is 7.40. The molecule has 0 bridgehead atoms. The minimum atomic E-state index is -4.72. The minimum Gasteiger partial charge on any atom is -0.337 e. The number of benzene rings is 2. The first kappa shape index (κ1) is 21.4. The van der Waals surface area contributed by atoms with Crippen LogP contribution in [0, 0.1) is 13.5 Å². The predicted molar refractivity (Wildman–Crippen MR) is 102 cm³/mol. The highest BCUT2D eigenvalue weighted by molar-refractivity contribution is 5.90. The first-order valence-electron chi connectivity index (χ1n) is 9.07. The van der Waals surface area contributed by atoms with E-state index in [9.17, 15) is 26.3 Å². The normalized spacial score (nSPS) is 12.3. The molecule has 0 N–H and O–H groups in total. The third-order valence-corrected chi connectivity index (χ3v) is 4.88. The number of rotatable bonds is 3. The summed E-state index contributed by atoms with van der Waals surface area (Å²) in [5, 5.41) is 3.62. The van der Waals surface area contributed by atoms with E-state index in [0.717, 1.165) is 18.2 Å². The number of halogens is 6. The average Bonchev–Trinajstić information content (AvgIpc) is 3.31. The molecule has 11 heteroatoms. The molecule has 4 rings (SSSR count). The molecular weight excluding hydrogens is 438 g/mol. The molecule has 0 amide bonds. The zero-order chi connectivity index (χ0) is 23.3. The molecule has 4 aromatic rings. The molecule has 2 aromatic carbocycles. The molecule has 0 saturated carbocycles. The molecule has 0 aliphatic rings. The summed E-state index contributed by atoms with van der Waals surface area (Å²) >= 11 is 0. The van der Waals surface area contributed by atoms with E-state index in [4.69, 9.17) is 11.1 Å². The van der Waals surface area contributed by atoms with Crippen molar-refractivity contribution < 1.29 is 30.9 Å². The Morgan fingerprint density at radius 1 is 1.03 bits per heavy atom. The number of hydrogen-bond donors (Lipinski definition) is 0. The van der Waals surface area contributed by atoms with Gasteiger partial charge in [0.05, 0.1) is 24.2 Å². The zero-order valence-electron chi connectivity index (χ0n) is 16.2. The number of nitrogens with zero attached hydrogens (tertiary/aromatic N) is 4. The van der Waals surface area contributed by atoms with E-state index >= 15 is 0 Å². The van der Waals surface area contributed by atoms with E-state index in [0.29, 0.717) is 5.69 Å². The highest BCUT2D eigenvalue weighted by atomic mass is 19.4. The lowest BCUT2D eigenvalue weighted by Crippen LogP contribution is -2.07. The summed E-state index contributed by atoms with van der Waals surface area (Å²) in [5.41, 5.74) is -1.67. The van der Waals surface area contributed by atoms with Gasteiger partial charge in [-0.1, -0.05) is 17.3 Å². The molecule has 164 valence electrons. The van der Waals surface area contributed by atoms with Crippen molar-refractivity contribution in [2.24, 2.45) is 0 Å². The van der Waals surface area contributed by atoms with Crippen LogP contribution in [0.15, 0.2) is 47.0 Å². The summed E-state index contributed by atoms with van der Waals surface area (Å²) in [7, 11) is 0. The maximum atomic E-state index is 13.6. The predicted octanol–water partition coefficient (Wildman–Crippen LogP) is 6.64. The summed E-state index contributed by atoms with van der Waals surface area (Å²) in [6, 6.07) is 8.18. The molecule has 0 spiro atoms. The molecule has 2 aromatic heterocycles. The van der Waals surface area contributed by atoms with Gasteiger partial charge in [0.25, 0.3) is 5.89 Å². The molecule has 0 saturated heterocycles. The summed E-state index contributed by atoms with van der Waals surface area (Å²) in [5.74, 6) is -0.0766. The fraction of sp³-hybridized carbons (Fsp3) is 0.190.